The Balaban J connectivity index is 0.00000196. The molecule has 0 heterocycles. The molecule has 0 radical (unpaired) electrons. The Labute approximate surface area is 112 Å². The minimum absolute atomic E-state index is 0. The van der Waals surface area contributed by atoms with Gasteiger partial charge in [-0.2, -0.15) is 8.42 Å². The summed E-state index contributed by atoms with van der Waals surface area (Å²) >= 11 is 0. The summed E-state index contributed by atoms with van der Waals surface area (Å²) in [7, 11) is -2.64. The second-order valence-electron chi connectivity index (χ2n) is 3.07. The fraction of sp³-hybridized carbons (Fsp3) is 0.333. The molecule has 80 valence electrons. The summed E-state index contributed by atoms with van der Waals surface area (Å²) in [5.74, 6) is 0.576. The molecule has 0 aliphatic rings. The molecule has 0 amide bonds. The van der Waals surface area contributed by atoms with Gasteiger partial charge >= 0.3 is 29.6 Å². The van der Waals surface area contributed by atoms with Crippen LogP contribution in [-0.2, 0) is 10.1 Å². The average molecular weight is 240 g/mol. The monoisotopic (exact) mass is 240 g/mol. The molecule has 15 heavy (non-hydrogen) atoms. The number of ether oxygens (including phenoxy) is 1. The van der Waals surface area contributed by atoms with Gasteiger partial charge in [0, 0.05) is 0 Å². The molecule has 0 aliphatic carbocycles. The molecule has 0 aromatic heterocycles. The van der Waals surface area contributed by atoms with E-state index in [0.717, 1.165) is 0 Å². The van der Waals surface area contributed by atoms with Gasteiger partial charge in [0.1, 0.15) is 5.75 Å². The zero-order valence-electron chi connectivity index (χ0n) is 8.23. The Morgan fingerprint density at radius 3 is 1.87 bits per heavy atom. The molecular weight excluding hydrogens is 227 g/mol. The molecule has 0 fully saturated rings. The molecule has 0 spiro atoms. The summed E-state index contributed by atoms with van der Waals surface area (Å²) in [5, 5.41) is 0. The summed E-state index contributed by atoms with van der Waals surface area (Å²) in [6.45, 7) is 3.22. The SMILES string of the molecule is COc1cc(C)c(S(=O)(=O)O)c(C)c1.[NaH]. The van der Waals surface area contributed by atoms with Crippen LogP contribution in [0.1, 0.15) is 11.1 Å². The van der Waals surface area contributed by atoms with Crippen LogP contribution >= 0.6 is 0 Å². The van der Waals surface area contributed by atoms with Gasteiger partial charge < -0.3 is 4.74 Å². The van der Waals surface area contributed by atoms with Gasteiger partial charge in [-0.25, -0.2) is 0 Å². The normalized spacial score (nSPS) is 10.7. The van der Waals surface area contributed by atoms with Crippen LogP contribution in [0.25, 0.3) is 0 Å². The van der Waals surface area contributed by atoms with E-state index in [1.54, 1.807) is 26.0 Å². The standard InChI is InChI=1S/C9H12O4S.Na.H/c1-6-4-8(13-3)5-7(2)9(6)14(10,11)12;;/h4-5H,1-3H3,(H,10,11,12);;. The molecule has 0 saturated heterocycles. The van der Waals surface area contributed by atoms with Crippen LogP contribution in [0, 0.1) is 13.8 Å². The fourth-order valence-corrected chi connectivity index (χ4v) is 2.37. The predicted molar refractivity (Wildman–Crippen MR) is 59.4 cm³/mol. The van der Waals surface area contributed by atoms with Crippen molar-refractivity contribution < 1.29 is 17.7 Å². The van der Waals surface area contributed by atoms with Gasteiger partial charge in [-0.05, 0) is 37.1 Å². The Hall–Kier alpha value is -0.0700. The molecule has 4 nitrogen and oxygen atoms in total. The van der Waals surface area contributed by atoms with Crippen LogP contribution in [-0.4, -0.2) is 49.6 Å². The van der Waals surface area contributed by atoms with Gasteiger partial charge in [0.25, 0.3) is 10.1 Å². The Morgan fingerprint density at radius 2 is 1.60 bits per heavy atom. The van der Waals surface area contributed by atoms with Gasteiger partial charge in [-0.15, -0.1) is 0 Å². The number of methoxy groups -OCH3 is 1. The quantitative estimate of drug-likeness (QED) is 0.616. The Bertz CT molecular complexity index is 430. The molecule has 0 atom stereocenters. The van der Waals surface area contributed by atoms with E-state index in [9.17, 15) is 8.42 Å². The van der Waals surface area contributed by atoms with E-state index in [4.69, 9.17) is 9.29 Å². The number of hydrogen-bond donors (Lipinski definition) is 1. The van der Waals surface area contributed by atoms with E-state index >= 15 is 0 Å². The molecule has 1 N–H and O–H groups in total. The molecular formula is C9H13NaO4S. The first-order valence-corrected chi connectivity index (χ1v) is 5.43. The zero-order valence-corrected chi connectivity index (χ0v) is 9.05. The maximum atomic E-state index is 11.0. The predicted octanol–water partition coefficient (Wildman–Crippen LogP) is 0.910. The average Bonchev–Trinajstić information content (AvgIpc) is 1.99. The molecule has 0 saturated carbocycles. The number of hydrogen-bond acceptors (Lipinski definition) is 3. The first-order chi connectivity index (χ1) is 6.36. The van der Waals surface area contributed by atoms with Crippen molar-refractivity contribution in [1.82, 2.24) is 0 Å². The number of aryl methyl sites for hydroxylation is 2. The van der Waals surface area contributed by atoms with Crippen molar-refractivity contribution in [2.75, 3.05) is 7.11 Å². The van der Waals surface area contributed by atoms with Crippen molar-refractivity contribution in [3.8, 4) is 5.75 Å². The van der Waals surface area contributed by atoms with E-state index < -0.39 is 10.1 Å². The van der Waals surface area contributed by atoms with Gasteiger partial charge in [0.15, 0.2) is 0 Å². The number of benzene rings is 1. The first kappa shape index (κ1) is 14.9. The topological polar surface area (TPSA) is 63.6 Å². The van der Waals surface area contributed by atoms with Crippen molar-refractivity contribution in [2.24, 2.45) is 0 Å². The van der Waals surface area contributed by atoms with Crippen molar-refractivity contribution in [3.63, 3.8) is 0 Å². The molecule has 1 aromatic carbocycles. The van der Waals surface area contributed by atoms with Crippen LogP contribution in [0.5, 0.6) is 5.75 Å². The molecule has 0 unspecified atom stereocenters. The van der Waals surface area contributed by atoms with Crippen LogP contribution in [0.3, 0.4) is 0 Å². The summed E-state index contributed by atoms with van der Waals surface area (Å²) in [6.07, 6.45) is 0. The van der Waals surface area contributed by atoms with Crippen molar-refractivity contribution in [1.29, 1.82) is 0 Å². The van der Waals surface area contributed by atoms with E-state index in [2.05, 4.69) is 0 Å². The third-order valence-corrected chi connectivity index (χ3v) is 3.09. The van der Waals surface area contributed by atoms with Gasteiger partial charge in [-0.3, -0.25) is 4.55 Å². The van der Waals surface area contributed by atoms with Crippen LogP contribution in [0.2, 0.25) is 0 Å². The summed E-state index contributed by atoms with van der Waals surface area (Å²) in [4.78, 5) is -0.0432. The van der Waals surface area contributed by atoms with Gasteiger partial charge in [0.05, 0.1) is 12.0 Å². The third-order valence-electron chi connectivity index (χ3n) is 1.93. The first-order valence-electron chi connectivity index (χ1n) is 3.99. The molecule has 0 aliphatic heterocycles. The van der Waals surface area contributed by atoms with Crippen molar-refractivity contribution >= 4 is 39.7 Å². The maximum absolute atomic E-state index is 11.0. The van der Waals surface area contributed by atoms with Crippen LogP contribution in [0.15, 0.2) is 17.0 Å². The fourth-order valence-electron chi connectivity index (χ4n) is 1.44. The summed E-state index contributed by atoms with van der Waals surface area (Å²) in [6, 6.07) is 3.13. The minimum atomic E-state index is -4.14. The van der Waals surface area contributed by atoms with Gasteiger partial charge in [0.2, 0.25) is 0 Å². The van der Waals surface area contributed by atoms with E-state index in [1.165, 1.54) is 7.11 Å². The second kappa shape index (κ2) is 5.32. The third kappa shape index (κ3) is 3.46. The van der Waals surface area contributed by atoms with E-state index in [1.807, 2.05) is 0 Å². The van der Waals surface area contributed by atoms with Crippen molar-refractivity contribution in [3.05, 3.63) is 23.3 Å². The van der Waals surface area contributed by atoms with Crippen molar-refractivity contribution in [2.45, 2.75) is 18.7 Å². The second-order valence-corrected chi connectivity index (χ2v) is 4.42. The molecule has 1 aromatic rings. The molecule has 1 rings (SSSR count). The van der Waals surface area contributed by atoms with Crippen LogP contribution in [0.4, 0.5) is 0 Å². The molecule has 0 bridgehead atoms. The van der Waals surface area contributed by atoms with Crippen LogP contribution < -0.4 is 4.74 Å². The summed E-state index contributed by atoms with van der Waals surface area (Å²) in [5.41, 5.74) is 0.953. The Morgan fingerprint density at radius 1 is 1.20 bits per heavy atom. The van der Waals surface area contributed by atoms with E-state index in [0.29, 0.717) is 16.9 Å². The molecule has 6 heteroatoms. The number of rotatable bonds is 2. The zero-order chi connectivity index (χ0) is 10.9. The van der Waals surface area contributed by atoms with E-state index in [-0.39, 0.29) is 34.5 Å². The Kier molecular flexibility index (Phi) is 5.29. The van der Waals surface area contributed by atoms with Gasteiger partial charge in [-0.1, -0.05) is 0 Å². The summed E-state index contributed by atoms with van der Waals surface area (Å²) < 4.78 is 35.9.